The van der Waals surface area contributed by atoms with E-state index < -0.39 is 14.9 Å². The summed E-state index contributed by atoms with van der Waals surface area (Å²) in [5.41, 5.74) is 6.38. The Balaban J connectivity index is 1.58. The van der Waals surface area contributed by atoms with E-state index in [1.165, 1.54) is 16.4 Å². The number of rotatable bonds is 7. The Bertz CT molecular complexity index is 1360. The lowest BCUT2D eigenvalue weighted by Crippen LogP contribution is -2.27. The van der Waals surface area contributed by atoms with Crippen LogP contribution in [0.25, 0.3) is 5.69 Å². The molecule has 0 saturated carbocycles. The Morgan fingerprint density at radius 3 is 2.41 bits per heavy atom. The van der Waals surface area contributed by atoms with Gasteiger partial charge in [-0.05, 0) is 91.7 Å². The maximum Gasteiger partial charge on any atom is 0.295 e. The first kappa shape index (κ1) is 24.4. The van der Waals surface area contributed by atoms with E-state index in [0.29, 0.717) is 13.1 Å². The van der Waals surface area contributed by atoms with Gasteiger partial charge in [0.25, 0.3) is 5.69 Å². The van der Waals surface area contributed by atoms with Crippen LogP contribution in [0.1, 0.15) is 29.8 Å². The molecular formula is C23H24IN5O4S. The first-order chi connectivity index (χ1) is 16.2. The molecule has 1 saturated heterocycles. The van der Waals surface area contributed by atoms with Crippen molar-refractivity contribution in [1.82, 2.24) is 8.87 Å². The van der Waals surface area contributed by atoms with Crippen LogP contribution in [0.15, 0.2) is 58.5 Å². The van der Waals surface area contributed by atoms with Crippen LogP contribution in [0.4, 0.5) is 11.4 Å². The van der Waals surface area contributed by atoms with Crippen LogP contribution in [-0.2, 0) is 10.0 Å². The zero-order valence-corrected chi connectivity index (χ0v) is 21.7. The molecule has 2 heterocycles. The molecule has 34 heavy (non-hydrogen) atoms. The number of benzene rings is 2. The fourth-order valence-electron chi connectivity index (χ4n) is 4.07. The SMILES string of the molecule is Cc1cc(C=NNc2ccc(S(=O)(=O)N3CCCC3)cc2[N+](=O)[O-])c(C)n1-c1ccc(I)cc1. The standard InChI is InChI=1S/C23H24IN5O4S/c1-16-13-18(17(2)28(16)20-7-5-19(24)6-8-20)15-25-26-22-10-9-21(14-23(22)29(30)31)34(32,33)27-11-3-4-12-27/h5-10,13-15,26H,3-4,11-12H2,1-2H3. The molecule has 0 bridgehead atoms. The molecule has 11 heteroatoms. The maximum atomic E-state index is 12.8. The number of sulfonamides is 1. The number of aromatic nitrogens is 1. The van der Waals surface area contributed by atoms with E-state index in [0.717, 1.165) is 45.1 Å². The summed E-state index contributed by atoms with van der Waals surface area (Å²) in [4.78, 5) is 10.9. The van der Waals surface area contributed by atoms with E-state index in [1.807, 2.05) is 44.2 Å². The monoisotopic (exact) mass is 593 g/mol. The molecule has 0 radical (unpaired) electrons. The summed E-state index contributed by atoms with van der Waals surface area (Å²) in [6, 6.07) is 14.0. The second kappa shape index (κ2) is 9.84. The molecular weight excluding hydrogens is 569 g/mol. The number of hydrogen-bond donors (Lipinski definition) is 1. The van der Waals surface area contributed by atoms with Crippen LogP contribution >= 0.6 is 22.6 Å². The van der Waals surface area contributed by atoms with Gasteiger partial charge in [0, 0.05) is 45.4 Å². The number of hydrazone groups is 1. The largest absolute Gasteiger partial charge is 0.318 e. The maximum absolute atomic E-state index is 12.8. The summed E-state index contributed by atoms with van der Waals surface area (Å²) in [6.07, 6.45) is 3.18. The summed E-state index contributed by atoms with van der Waals surface area (Å²) in [5.74, 6) is 0. The van der Waals surface area contributed by atoms with Gasteiger partial charge < -0.3 is 4.57 Å². The molecule has 0 unspecified atom stereocenters. The topological polar surface area (TPSA) is 110 Å². The fourth-order valence-corrected chi connectivity index (χ4v) is 5.97. The van der Waals surface area contributed by atoms with Crippen LogP contribution < -0.4 is 5.43 Å². The van der Waals surface area contributed by atoms with Gasteiger partial charge in [-0.1, -0.05) is 0 Å². The Hall–Kier alpha value is -2.77. The number of anilines is 1. The van der Waals surface area contributed by atoms with Gasteiger partial charge in [0.1, 0.15) is 5.69 Å². The minimum absolute atomic E-state index is 0.0864. The molecule has 0 aliphatic carbocycles. The van der Waals surface area contributed by atoms with E-state index in [2.05, 4.69) is 37.7 Å². The van der Waals surface area contributed by atoms with Gasteiger partial charge in [-0.2, -0.15) is 9.41 Å². The highest BCUT2D eigenvalue weighted by atomic mass is 127. The molecule has 2 aromatic carbocycles. The molecule has 1 aliphatic heterocycles. The third-order valence-electron chi connectivity index (χ3n) is 5.81. The number of aryl methyl sites for hydroxylation is 1. The zero-order valence-electron chi connectivity index (χ0n) is 18.7. The van der Waals surface area contributed by atoms with E-state index >= 15 is 0 Å². The summed E-state index contributed by atoms with van der Waals surface area (Å²) in [5, 5.41) is 15.8. The quantitative estimate of drug-likeness (QED) is 0.183. The van der Waals surface area contributed by atoms with Gasteiger partial charge in [0.05, 0.1) is 16.0 Å². The van der Waals surface area contributed by atoms with Crippen molar-refractivity contribution < 1.29 is 13.3 Å². The van der Waals surface area contributed by atoms with Crippen molar-refractivity contribution in [3.8, 4) is 5.69 Å². The summed E-state index contributed by atoms with van der Waals surface area (Å²) in [6.45, 7) is 4.84. The summed E-state index contributed by atoms with van der Waals surface area (Å²) >= 11 is 2.26. The number of nitro benzene ring substituents is 1. The molecule has 1 fully saturated rings. The highest BCUT2D eigenvalue weighted by Crippen LogP contribution is 2.30. The summed E-state index contributed by atoms with van der Waals surface area (Å²) < 4.78 is 30.2. The van der Waals surface area contributed by atoms with Crippen LogP contribution in [0, 0.1) is 27.5 Å². The average molecular weight is 593 g/mol. The third-order valence-corrected chi connectivity index (χ3v) is 8.43. The number of halogens is 1. The van der Waals surface area contributed by atoms with Gasteiger partial charge in [-0.15, -0.1) is 0 Å². The van der Waals surface area contributed by atoms with Crippen LogP contribution in [0.5, 0.6) is 0 Å². The molecule has 1 aromatic heterocycles. The first-order valence-corrected chi connectivity index (χ1v) is 13.2. The van der Waals surface area contributed by atoms with Crippen LogP contribution in [0.3, 0.4) is 0 Å². The van der Waals surface area contributed by atoms with E-state index in [9.17, 15) is 18.5 Å². The number of nitrogens with zero attached hydrogens (tertiary/aromatic N) is 4. The van der Waals surface area contributed by atoms with Gasteiger partial charge in [-0.3, -0.25) is 15.5 Å². The number of nitrogens with one attached hydrogen (secondary N) is 1. The first-order valence-electron chi connectivity index (χ1n) is 10.7. The molecule has 0 spiro atoms. The Labute approximate surface area is 211 Å². The molecule has 4 rings (SSSR count). The highest BCUT2D eigenvalue weighted by molar-refractivity contribution is 14.1. The highest BCUT2D eigenvalue weighted by Gasteiger charge is 2.29. The molecule has 3 aromatic rings. The smallest absolute Gasteiger partial charge is 0.295 e. The van der Waals surface area contributed by atoms with Gasteiger partial charge in [-0.25, -0.2) is 8.42 Å². The number of hydrogen-bond acceptors (Lipinski definition) is 6. The number of nitro groups is 1. The van der Waals surface area contributed by atoms with Crippen molar-refractivity contribution in [2.75, 3.05) is 18.5 Å². The third kappa shape index (κ3) is 4.86. The van der Waals surface area contributed by atoms with Crippen molar-refractivity contribution in [3.05, 3.63) is 79.2 Å². The van der Waals surface area contributed by atoms with Gasteiger partial charge >= 0.3 is 0 Å². The van der Waals surface area contributed by atoms with Crippen LogP contribution in [-0.4, -0.2) is 41.5 Å². The normalized spacial score (nSPS) is 14.7. The second-order valence-electron chi connectivity index (χ2n) is 8.06. The van der Waals surface area contributed by atoms with E-state index in [-0.39, 0.29) is 16.3 Å². The Kier molecular flexibility index (Phi) is 7.05. The molecule has 178 valence electrons. The van der Waals surface area contributed by atoms with Crippen molar-refractivity contribution >= 4 is 50.2 Å². The minimum atomic E-state index is -3.75. The Morgan fingerprint density at radius 1 is 1.09 bits per heavy atom. The van der Waals surface area contributed by atoms with Crippen molar-refractivity contribution in [2.24, 2.45) is 5.10 Å². The van der Waals surface area contributed by atoms with Gasteiger partial charge in [0.2, 0.25) is 10.0 Å². The lowest BCUT2D eigenvalue weighted by Gasteiger charge is -2.15. The molecule has 0 atom stereocenters. The predicted octanol–water partition coefficient (Wildman–Crippen LogP) is 4.84. The predicted molar refractivity (Wildman–Crippen MR) is 140 cm³/mol. The lowest BCUT2D eigenvalue weighted by molar-refractivity contribution is -0.384. The van der Waals surface area contributed by atoms with E-state index in [1.54, 1.807) is 6.21 Å². The molecule has 1 N–H and O–H groups in total. The van der Waals surface area contributed by atoms with E-state index in [4.69, 9.17) is 0 Å². The fraction of sp³-hybridized carbons (Fsp3) is 0.261. The molecule has 1 aliphatic rings. The van der Waals surface area contributed by atoms with Crippen molar-refractivity contribution in [2.45, 2.75) is 31.6 Å². The van der Waals surface area contributed by atoms with Crippen molar-refractivity contribution in [1.29, 1.82) is 0 Å². The molecule has 0 amide bonds. The van der Waals surface area contributed by atoms with Crippen molar-refractivity contribution in [3.63, 3.8) is 0 Å². The minimum Gasteiger partial charge on any atom is -0.318 e. The zero-order chi connectivity index (χ0) is 24.5. The average Bonchev–Trinajstić information content (AvgIpc) is 3.44. The lowest BCUT2D eigenvalue weighted by atomic mass is 10.2. The Morgan fingerprint density at radius 2 is 1.76 bits per heavy atom. The van der Waals surface area contributed by atoms with Crippen LogP contribution in [0.2, 0.25) is 0 Å². The second-order valence-corrected chi connectivity index (χ2v) is 11.2. The van der Waals surface area contributed by atoms with Gasteiger partial charge in [0.15, 0.2) is 0 Å². The summed E-state index contributed by atoms with van der Waals surface area (Å²) in [7, 11) is -3.75. The molecule has 9 nitrogen and oxygen atoms in total.